The zero-order valence-electron chi connectivity index (χ0n) is 26.1. The van der Waals surface area contributed by atoms with Crippen molar-refractivity contribution in [2.75, 3.05) is 26.9 Å². The monoisotopic (exact) mass is 659 g/mol. The summed E-state index contributed by atoms with van der Waals surface area (Å²) in [5.41, 5.74) is 2.23. The van der Waals surface area contributed by atoms with Crippen molar-refractivity contribution in [3.05, 3.63) is 130 Å². The lowest BCUT2D eigenvalue weighted by atomic mass is 10.0. The van der Waals surface area contributed by atoms with Gasteiger partial charge in [0.25, 0.3) is 5.91 Å². The Balaban J connectivity index is 0.000000351. The summed E-state index contributed by atoms with van der Waals surface area (Å²) in [6.45, 7) is 2.66. The van der Waals surface area contributed by atoms with E-state index in [1.54, 1.807) is 31.4 Å². The van der Waals surface area contributed by atoms with Crippen molar-refractivity contribution in [1.29, 1.82) is 0 Å². The summed E-state index contributed by atoms with van der Waals surface area (Å²) >= 11 is 5.08. The lowest BCUT2D eigenvalue weighted by Gasteiger charge is -2.17. The Bertz CT molecular complexity index is 1830. The molecule has 0 amide bonds. The molecule has 5 aromatic rings. The minimum atomic E-state index is -0.726. The van der Waals surface area contributed by atoms with Crippen molar-refractivity contribution in [1.82, 2.24) is 4.57 Å². The van der Waals surface area contributed by atoms with Crippen LogP contribution >= 0.6 is 11.6 Å². The molecule has 1 aromatic heterocycles. The number of hydrogen-bond acceptors (Lipinski definition) is 7. The summed E-state index contributed by atoms with van der Waals surface area (Å²) in [4.78, 5) is 37.0. The third-order valence-electron chi connectivity index (χ3n) is 6.86. The molecule has 0 spiro atoms. The molecule has 0 aliphatic rings. The van der Waals surface area contributed by atoms with Gasteiger partial charge in [0, 0.05) is 11.8 Å². The van der Waals surface area contributed by atoms with Crippen LogP contribution in [0, 0.1) is 5.82 Å². The predicted molar refractivity (Wildman–Crippen MR) is 180 cm³/mol. The number of aromatic nitrogens is 1. The zero-order valence-corrected chi connectivity index (χ0v) is 26.9. The van der Waals surface area contributed by atoms with Gasteiger partial charge >= 0.3 is 0 Å². The molecule has 10 heteroatoms. The normalized spacial score (nSPS) is 10.6. The number of carbonyl (C=O) groups excluding carboxylic acids is 2. The Hall–Kier alpha value is -4.83. The fourth-order valence-corrected chi connectivity index (χ4v) is 4.69. The third-order valence-corrected chi connectivity index (χ3v) is 6.97. The molecule has 0 aliphatic carbocycles. The average Bonchev–Trinajstić information content (AvgIpc) is 3.09. The first-order chi connectivity index (χ1) is 22.8. The Kier molecular flexibility index (Phi) is 13.2. The molecule has 0 saturated carbocycles. The Labute approximate surface area is 277 Å². The van der Waals surface area contributed by atoms with Crippen LogP contribution in [-0.4, -0.2) is 42.6 Å². The highest BCUT2D eigenvalue weighted by molar-refractivity contribution is 6.63. The van der Waals surface area contributed by atoms with Gasteiger partial charge in [-0.1, -0.05) is 79.7 Å². The quantitative estimate of drug-likeness (QED) is 0.121. The molecular weight excluding hydrogens is 625 g/mol. The topological polar surface area (TPSA) is 93.1 Å². The summed E-state index contributed by atoms with van der Waals surface area (Å²) in [6, 6.07) is 28.5. The minimum Gasteiger partial charge on any atom is -0.497 e. The van der Waals surface area contributed by atoms with Gasteiger partial charge in [0.1, 0.15) is 36.0 Å². The van der Waals surface area contributed by atoms with Gasteiger partial charge in [-0.2, -0.15) is 0 Å². The highest BCUT2D eigenvalue weighted by Gasteiger charge is 2.21. The lowest BCUT2D eigenvalue weighted by Crippen LogP contribution is -2.23. The van der Waals surface area contributed by atoms with E-state index < -0.39 is 22.4 Å². The third kappa shape index (κ3) is 9.83. The molecule has 0 bridgehead atoms. The van der Waals surface area contributed by atoms with Gasteiger partial charge < -0.3 is 18.9 Å². The summed E-state index contributed by atoms with van der Waals surface area (Å²) in [6.07, 6.45) is 2.14. The highest BCUT2D eigenvalue weighted by atomic mass is 35.5. The molecule has 5 rings (SSSR count). The van der Waals surface area contributed by atoms with Crippen molar-refractivity contribution in [2.45, 2.75) is 26.6 Å². The lowest BCUT2D eigenvalue weighted by molar-refractivity contribution is -0.116. The van der Waals surface area contributed by atoms with Gasteiger partial charge in [-0.05, 0) is 59.0 Å². The van der Waals surface area contributed by atoms with Crippen molar-refractivity contribution in [3.8, 4) is 22.6 Å². The molecule has 0 atom stereocenters. The van der Waals surface area contributed by atoms with Crippen LogP contribution in [0.4, 0.5) is 4.39 Å². The van der Waals surface area contributed by atoms with Crippen molar-refractivity contribution in [3.63, 3.8) is 0 Å². The number of benzene rings is 4. The van der Waals surface area contributed by atoms with E-state index >= 15 is 4.39 Å². The maximum atomic E-state index is 15.0. The van der Waals surface area contributed by atoms with E-state index in [2.05, 4.69) is 0 Å². The molecule has 0 saturated heterocycles. The number of fused-ring (bicyclic) bond motifs is 1. The van der Waals surface area contributed by atoms with E-state index in [0.717, 1.165) is 11.1 Å². The van der Waals surface area contributed by atoms with Crippen LogP contribution in [0.5, 0.6) is 11.5 Å². The van der Waals surface area contributed by atoms with Crippen LogP contribution in [0.25, 0.3) is 22.0 Å². The van der Waals surface area contributed by atoms with Gasteiger partial charge in [-0.15, -0.1) is 0 Å². The van der Waals surface area contributed by atoms with E-state index in [1.165, 1.54) is 22.9 Å². The number of ether oxygens (including phenoxy) is 4. The van der Waals surface area contributed by atoms with Gasteiger partial charge in [0.05, 0.1) is 32.3 Å². The van der Waals surface area contributed by atoms with Crippen LogP contribution in [0.15, 0.2) is 108 Å². The second-order valence-electron chi connectivity index (χ2n) is 10.3. The first-order valence-corrected chi connectivity index (χ1v) is 15.3. The van der Waals surface area contributed by atoms with Gasteiger partial charge in [-0.3, -0.25) is 19.0 Å². The Morgan fingerprint density at radius 1 is 0.809 bits per heavy atom. The van der Waals surface area contributed by atoms with Crippen molar-refractivity contribution < 1.29 is 32.9 Å². The number of carbonyl (C=O) groups is 2. The number of halogens is 2. The fraction of sp³-hybridized carbons (Fsp3) is 0.216. The molecule has 0 N–H and O–H groups in total. The summed E-state index contributed by atoms with van der Waals surface area (Å²) in [5.74, 6) is -0.302. The van der Waals surface area contributed by atoms with Crippen LogP contribution in [-0.2, 0) is 27.5 Å². The second kappa shape index (κ2) is 17.8. The first kappa shape index (κ1) is 35.0. The number of rotatable bonds is 13. The molecule has 47 heavy (non-hydrogen) atoms. The molecule has 0 radical (unpaired) electrons. The molecule has 244 valence electrons. The molecule has 0 aliphatic heterocycles. The zero-order chi connectivity index (χ0) is 33.6. The maximum Gasteiger partial charge on any atom is 0.257 e. The second-order valence-corrected chi connectivity index (χ2v) is 10.7. The summed E-state index contributed by atoms with van der Waals surface area (Å²) in [7, 11) is 1.54. The largest absolute Gasteiger partial charge is 0.497 e. The van der Waals surface area contributed by atoms with Crippen molar-refractivity contribution >= 4 is 33.7 Å². The van der Waals surface area contributed by atoms with E-state index in [0.29, 0.717) is 30.9 Å². The highest BCUT2D eigenvalue weighted by Crippen LogP contribution is 2.30. The number of nitrogens with zero attached hydrogens (tertiary/aromatic N) is 1. The maximum absolute atomic E-state index is 15.0. The smallest absolute Gasteiger partial charge is 0.257 e. The summed E-state index contributed by atoms with van der Waals surface area (Å²) < 4.78 is 37.9. The average molecular weight is 660 g/mol. The Morgan fingerprint density at radius 3 is 1.96 bits per heavy atom. The van der Waals surface area contributed by atoms with Crippen LogP contribution in [0.3, 0.4) is 0 Å². The molecule has 4 aromatic carbocycles. The van der Waals surface area contributed by atoms with Crippen LogP contribution < -0.4 is 14.9 Å². The minimum absolute atomic E-state index is 0.0313. The summed E-state index contributed by atoms with van der Waals surface area (Å²) in [5, 5.41) is -0.672. The van der Waals surface area contributed by atoms with E-state index in [1.807, 2.05) is 67.6 Å². The van der Waals surface area contributed by atoms with Gasteiger partial charge in [-0.25, -0.2) is 4.39 Å². The molecule has 0 fully saturated rings. The Morgan fingerprint density at radius 2 is 1.40 bits per heavy atom. The van der Waals surface area contributed by atoms with E-state index in [-0.39, 0.29) is 42.0 Å². The molecular formula is C37H35ClFNO7. The first-order valence-electron chi connectivity index (χ1n) is 14.9. The van der Waals surface area contributed by atoms with Crippen LogP contribution in [0.2, 0.25) is 0 Å². The number of pyridine rings is 1. The number of methoxy groups -OCH3 is 1. The standard InChI is InChI=1S/C28H26FNO5.C9H9ClO2/c1-3-15-35-24-14-13-23(29)26-27(24)30(25(31)18-34-17-19-7-5-4-6-8-19)16-22(28(26)32)20-9-11-21(33-2)12-10-20;10-9(11)7-12-6-8-4-2-1-3-5-8/h4-14,16H,3,15,17-18H2,1-2H3;1-5H,6-7H2. The predicted octanol–water partition coefficient (Wildman–Crippen LogP) is 7.43. The van der Waals surface area contributed by atoms with Gasteiger partial charge in [0.15, 0.2) is 5.43 Å². The number of hydrogen-bond donors (Lipinski definition) is 0. The molecule has 1 heterocycles. The van der Waals surface area contributed by atoms with E-state index in [4.69, 9.17) is 30.5 Å². The SMILES string of the molecule is CCCOc1ccc(F)c2c(=O)c(-c3ccc(OC)cc3)cn(C(=O)COCc3ccccc3)c12.O=C(Cl)COCc1ccccc1. The fourth-order valence-electron chi connectivity index (χ4n) is 4.61. The molecule has 0 unspecified atom stereocenters. The molecule has 8 nitrogen and oxygen atoms in total. The van der Waals surface area contributed by atoms with E-state index in [9.17, 15) is 14.4 Å². The van der Waals surface area contributed by atoms with Gasteiger partial charge in [0.2, 0.25) is 5.24 Å². The van der Waals surface area contributed by atoms with Crippen molar-refractivity contribution in [2.24, 2.45) is 0 Å². The van der Waals surface area contributed by atoms with Crippen LogP contribution in [0.1, 0.15) is 29.3 Å².